The number of hydrogen-bond acceptors (Lipinski definition) is 3. The van der Waals surface area contributed by atoms with Crippen LogP contribution in [0.4, 0.5) is 20.4 Å². The number of nitrogens with one attached hydrogen (secondary N) is 1. The van der Waals surface area contributed by atoms with Crippen molar-refractivity contribution in [3.63, 3.8) is 0 Å². The van der Waals surface area contributed by atoms with E-state index in [9.17, 15) is 8.78 Å². The van der Waals surface area contributed by atoms with Crippen LogP contribution in [0.25, 0.3) is 0 Å². The van der Waals surface area contributed by atoms with Crippen LogP contribution >= 0.6 is 0 Å². The molecular weight excluding hydrogens is 224 g/mol. The fourth-order valence-corrected chi connectivity index (χ4v) is 2.27. The summed E-state index contributed by atoms with van der Waals surface area (Å²) in [6.07, 6.45) is 4.75. The predicted molar refractivity (Wildman–Crippen MR) is 61.4 cm³/mol. The Morgan fingerprint density at radius 2 is 1.76 bits per heavy atom. The lowest BCUT2D eigenvalue weighted by Crippen LogP contribution is -2.25. The third kappa shape index (κ3) is 2.18. The van der Waals surface area contributed by atoms with E-state index in [1.165, 1.54) is 25.7 Å². The quantitative estimate of drug-likeness (QED) is 0.849. The zero-order valence-corrected chi connectivity index (χ0v) is 9.42. The minimum atomic E-state index is -0.803. The third-order valence-corrected chi connectivity index (χ3v) is 3.52. The maximum atomic E-state index is 13.5. The molecule has 2 aliphatic carbocycles. The van der Waals surface area contributed by atoms with E-state index < -0.39 is 11.6 Å². The summed E-state index contributed by atoms with van der Waals surface area (Å²) in [6.45, 7) is 0. The zero-order chi connectivity index (χ0) is 12.0. The van der Waals surface area contributed by atoms with Crippen LogP contribution in [-0.2, 0) is 0 Å². The van der Waals surface area contributed by atoms with Crippen LogP contribution in [-0.4, -0.2) is 11.0 Å². The van der Waals surface area contributed by atoms with Gasteiger partial charge in [0.1, 0.15) is 0 Å². The van der Waals surface area contributed by atoms with Crippen molar-refractivity contribution in [2.24, 2.45) is 11.8 Å². The average molecular weight is 239 g/mol. The zero-order valence-electron chi connectivity index (χ0n) is 9.42. The van der Waals surface area contributed by atoms with Gasteiger partial charge in [0.05, 0.1) is 0 Å². The molecule has 2 saturated carbocycles. The van der Waals surface area contributed by atoms with Gasteiger partial charge in [-0.25, -0.2) is 13.8 Å². The van der Waals surface area contributed by atoms with Crippen LogP contribution in [0.5, 0.6) is 0 Å². The normalized spacial score (nSPS) is 19.7. The number of hydrogen-bond donors (Lipinski definition) is 2. The number of rotatable bonds is 4. The summed E-state index contributed by atoms with van der Waals surface area (Å²) >= 11 is 0. The molecule has 0 unspecified atom stereocenters. The highest BCUT2D eigenvalue weighted by molar-refractivity contribution is 5.46. The molecule has 0 saturated heterocycles. The van der Waals surface area contributed by atoms with Crippen molar-refractivity contribution in [1.29, 1.82) is 0 Å². The Hall–Kier alpha value is -1.39. The summed E-state index contributed by atoms with van der Waals surface area (Å²) in [7, 11) is 0. The number of anilines is 2. The van der Waals surface area contributed by atoms with Gasteiger partial charge in [-0.3, -0.25) is 0 Å². The Bertz CT molecular complexity index is 430. The number of nitrogens with two attached hydrogens (primary N) is 1. The molecule has 92 valence electrons. The van der Waals surface area contributed by atoms with E-state index in [2.05, 4.69) is 10.3 Å². The molecule has 0 aromatic carbocycles. The van der Waals surface area contributed by atoms with Crippen molar-refractivity contribution in [2.75, 3.05) is 11.1 Å². The second kappa shape index (κ2) is 3.82. The Morgan fingerprint density at radius 3 is 2.29 bits per heavy atom. The Kier molecular flexibility index (Phi) is 2.42. The summed E-state index contributed by atoms with van der Waals surface area (Å²) in [6, 6.07) is 1.07. The third-order valence-electron chi connectivity index (χ3n) is 3.52. The molecule has 2 aliphatic rings. The van der Waals surface area contributed by atoms with Gasteiger partial charge in [-0.15, -0.1) is 0 Å². The van der Waals surface area contributed by atoms with Crippen molar-refractivity contribution >= 4 is 11.6 Å². The van der Waals surface area contributed by atoms with Crippen LogP contribution in [0.1, 0.15) is 25.7 Å². The Morgan fingerprint density at radius 1 is 1.18 bits per heavy atom. The maximum Gasteiger partial charge on any atom is 0.168 e. The highest BCUT2D eigenvalue weighted by Crippen LogP contribution is 2.45. The van der Waals surface area contributed by atoms with Gasteiger partial charge >= 0.3 is 0 Å². The molecule has 0 spiro atoms. The Balaban J connectivity index is 1.81. The maximum absolute atomic E-state index is 13.5. The molecule has 3 N–H and O–H groups in total. The molecule has 0 radical (unpaired) electrons. The molecule has 1 aromatic heterocycles. The second-order valence-electron chi connectivity index (χ2n) is 5.03. The molecule has 1 heterocycles. The van der Waals surface area contributed by atoms with Gasteiger partial charge in [-0.1, -0.05) is 0 Å². The monoisotopic (exact) mass is 239 g/mol. The molecule has 0 amide bonds. The standard InChI is InChI=1S/C12H15F2N3/c13-8-5-9(14)12(17-11(8)15)16-10(6-1-2-6)7-3-4-7/h5-7,10H,1-4H2,(H3,15,16,17). The largest absolute Gasteiger partial charge is 0.381 e. The lowest BCUT2D eigenvalue weighted by Gasteiger charge is -2.18. The fourth-order valence-electron chi connectivity index (χ4n) is 2.27. The van der Waals surface area contributed by atoms with Gasteiger partial charge in [-0.05, 0) is 37.5 Å². The minimum Gasteiger partial charge on any atom is -0.381 e. The van der Waals surface area contributed by atoms with Gasteiger partial charge in [0.15, 0.2) is 23.3 Å². The first-order chi connectivity index (χ1) is 8.15. The first-order valence-corrected chi connectivity index (χ1v) is 6.03. The van der Waals surface area contributed by atoms with Gasteiger partial charge < -0.3 is 11.1 Å². The highest BCUT2D eigenvalue weighted by atomic mass is 19.1. The lowest BCUT2D eigenvalue weighted by atomic mass is 10.1. The molecule has 0 bridgehead atoms. The van der Waals surface area contributed by atoms with Gasteiger partial charge in [-0.2, -0.15) is 0 Å². The molecular formula is C12H15F2N3. The average Bonchev–Trinajstić information content (AvgIpc) is 3.15. The molecule has 5 heteroatoms. The molecule has 17 heavy (non-hydrogen) atoms. The summed E-state index contributed by atoms with van der Waals surface area (Å²) in [5, 5.41) is 3.11. The minimum absolute atomic E-state index is 0.0905. The van der Waals surface area contributed by atoms with Gasteiger partial charge in [0, 0.05) is 12.1 Å². The Labute approximate surface area is 98.4 Å². The number of pyridine rings is 1. The van der Waals surface area contributed by atoms with E-state index in [4.69, 9.17) is 5.73 Å². The fraction of sp³-hybridized carbons (Fsp3) is 0.583. The number of aromatic nitrogens is 1. The predicted octanol–water partition coefficient (Wildman–Crippen LogP) is 2.54. The molecule has 0 aliphatic heterocycles. The topological polar surface area (TPSA) is 50.9 Å². The van der Waals surface area contributed by atoms with Crippen LogP contribution in [0.3, 0.4) is 0 Å². The summed E-state index contributed by atoms with van der Waals surface area (Å²) < 4.78 is 26.5. The first kappa shape index (κ1) is 10.7. The van der Waals surface area contributed by atoms with Gasteiger partial charge in [0.25, 0.3) is 0 Å². The van der Waals surface area contributed by atoms with Crippen LogP contribution in [0.2, 0.25) is 0 Å². The number of nitrogen functional groups attached to an aromatic ring is 1. The second-order valence-corrected chi connectivity index (χ2v) is 5.03. The van der Waals surface area contributed by atoms with Crippen LogP contribution < -0.4 is 11.1 Å². The first-order valence-electron chi connectivity index (χ1n) is 6.03. The SMILES string of the molecule is Nc1nc(NC(C2CC2)C2CC2)c(F)cc1F. The molecule has 3 rings (SSSR count). The van der Waals surface area contributed by atoms with Crippen molar-refractivity contribution in [3.8, 4) is 0 Å². The van der Waals surface area contributed by atoms with Crippen molar-refractivity contribution in [3.05, 3.63) is 17.7 Å². The van der Waals surface area contributed by atoms with Gasteiger partial charge in [0.2, 0.25) is 0 Å². The number of nitrogens with zero attached hydrogens (tertiary/aromatic N) is 1. The summed E-state index contributed by atoms with van der Waals surface area (Å²) in [5.74, 6) is -0.387. The van der Waals surface area contributed by atoms with Crippen molar-refractivity contribution in [1.82, 2.24) is 4.98 Å². The highest BCUT2D eigenvalue weighted by Gasteiger charge is 2.41. The van der Waals surface area contributed by atoms with Crippen LogP contribution in [0.15, 0.2) is 6.07 Å². The lowest BCUT2D eigenvalue weighted by molar-refractivity contribution is 0.545. The van der Waals surface area contributed by atoms with Crippen LogP contribution in [0, 0.1) is 23.5 Å². The molecule has 1 aromatic rings. The van der Waals surface area contributed by atoms with Crippen molar-refractivity contribution in [2.45, 2.75) is 31.7 Å². The summed E-state index contributed by atoms with van der Waals surface area (Å²) in [5.41, 5.74) is 5.36. The van der Waals surface area contributed by atoms with E-state index >= 15 is 0 Å². The smallest absolute Gasteiger partial charge is 0.168 e. The van der Waals surface area contributed by atoms with E-state index in [0.29, 0.717) is 11.8 Å². The molecule has 2 fully saturated rings. The van der Waals surface area contributed by atoms with E-state index in [0.717, 1.165) is 6.07 Å². The summed E-state index contributed by atoms with van der Waals surface area (Å²) in [4.78, 5) is 3.75. The molecule has 3 nitrogen and oxygen atoms in total. The van der Waals surface area contributed by atoms with E-state index in [1.54, 1.807) is 0 Å². The van der Waals surface area contributed by atoms with E-state index in [1.807, 2.05) is 0 Å². The van der Waals surface area contributed by atoms with Crippen molar-refractivity contribution < 1.29 is 8.78 Å². The number of halogens is 2. The molecule has 0 atom stereocenters. The van der Waals surface area contributed by atoms with E-state index in [-0.39, 0.29) is 17.7 Å².